The standard InChI is InChI=1S/C39H56N2O3.C30H32N2O3.C28H34N2O3.C7H15N/c1-4-5-6-7-8-9-10-11-12-13-14-29-18-22-31(23-19-29)41-38(43)33-24-17-28(3)35-32(25-26-34(36(33)35)39(41)44)37(42)40-30-20-15-27(2)16-21-30;1-18-7-10-22(11-8-18)32-29(34)24-12-9-20(3)26-23(13-14-25(27(24)26)30(32)35)28(33)31-16-15-21-6-4-5-19(2)17-21;1-16-4-9-19(10-5-16)29-26(31)21-14-15-23-25-22(13-8-18(3)24(21)25)27(32)30(28(23)33)20-11-6-17(2)7-12-20;1-6-2-4-7(8)5-3-6/h17,24-27,29-31H,4-16,18-23H2,1-3H3,(H,40,42);4-6,9,12-14,17-18,22H,7-8,10-11,15-16H2,1-3H3,(H,31,33);8,13-17,19-20H,4-7,9-12H2,1-3H3,(H,29,31);6-7H,2-5,8H2,1H3/p+1. The van der Waals surface area contributed by atoms with E-state index in [9.17, 15) is 43.2 Å². The predicted molar refractivity (Wildman–Crippen MR) is 482 cm³/mol. The van der Waals surface area contributed by atoms with E-state index in [0.717, 1.165) is 174 Å². The highest BCUT2D eigenvalue weighted by Gasteiger charge is 2.44. The summed E-state index contributed by atoms with van der Waals surface area (Å²) in [6, 6.07) is 31.1. The molecule has 642 valence electrons. The summed E-state index contributed by atoms with van der Waals surface area (Å²) in [7, 11) is 0. The molecule has 0 saturated heterocycles. The number of rotatable bonds is 22. The fourth-order valence-corrected chi connectivity index (χ4v) is 21.2. The number of hydrogen-bond donors (Lipinski definition) is 4. The summed E-state index contributed by atoms with van der Waals surface area (Å²) in [4.78, 5) is 127. The lowest BCUT2D eigenvalue weighted by molar-refractivity contribution is -0.426. The van der Waals surface area contributed by atoms with Crippen LogP contribution < -0.4 is 21.7 Å². The normalized spacial score (nSPS) is 24.7. The molecule has 9 amide bonds. The quantitative estimate of drug-likeness (QED) is 0.0373. The van der Waals surface area contributed by atoms with Crippen molar-refractivity contribution in [2.75, 3.05) is 6.54 Å². The number of nitrogens with one attached hydrogen (secondary N) is 3. The SMILES string of the molecule is CC1CCC([NH3+])CC1.CCCCCCCCCCCCC1CCC(N2C(=O)c3ccc(C)c4c(C(=O)NC5CCC(C)CC5)ccc(c34)C2=O)CC1.Cc1ccc2c3c(ccc(C(=O)NC4CCC(C)CC4)c13)C(=O)N(C1CCC(C)CC1)C2=O.Cc1cccc(CCNC(=O)c2ccc3c4c(ccc(C)c24)C(=O)N(C2CCC(C)CC2)C3=O)c1. The van der Waals surface area contributed by atoms with Gasteiger partial charge in [0, 0.05) is 103 Å². The third-order valence-corrected chi connectivity index (χ3v) is 29.0. The van der Waals surface area contributed by atoms with Crippen LogP contribution in [0.25, 0.3) is 32.3 Å². The van der Waals surface area contributed by atoms with Crippen molar-refractivity contribution in [2.45, 2.75) is 337 Å². The minimum Gasteiger partial charge on any atom is -0.355 e. The average molecular weight is 1630 g/mol. The minimum atomic E-state index is -0.232. The Morgan fingerprint density at radius 2 is 0.658 bits per heavy atom. The molecule has 0 bridgehead atoms. The maximum atomic E-state index is 13.9. The van der Waals surface area contributed by atoms with Crippen LogP contribution in [0, 0.1) is 63.2 Å². The summed E-state index contributed by atoms with van der Waals surface area (Å²) in [5.74, 6) is 2.73. The highest BCUT2D eigenvalue weighted by atomic mass is 16.2. The van der Waals surface area contributed by atoms with Crippen LogP contribution in [-0.4, -0.2) is 111 Å². The molecule has 16 nitrogen and oxygen atoms in total. The minimum absolute atomic E-state index is 0.0395. The lowest BCUT2D eigenvalue weighted by Gasteiger charge is -2.38. The first-order valence-corrected chi connectivity index (χ1v) is 47.0. The molecule has 3 heterocycles. The number of nitrogens with zero attached hydrogens (tertiary/aromatic N) is 3. The smallest absolute Gasteiger partial charge is 0.261 e. The van der Waals surface area contributed by atoms with Crippen LogP contribution in [0.4, 0.5) is 0 Å². The van der Waals surface area contributed by atoms with E-state index in [-0.39, 0.29) is 83.4 Å². The number of imide groups is 3. The van der Waals surface area contributed by atoms with E-state index in [1.54, 1.807) is 35.2 Å². The van der Waals surface area contributed by atoms with Gasteiger partial charge in [-0.15, -0.1) is 0 Å². The summed E-state index contributed by atoms with van der Waals surface area (Å²) >= 11 is 0. The van der Waals surface area contributed by atoms with E-state index in [0.29, 0.717) is 108 Å². The molecule has 6 saturated carbocycles. The molecule has 9 aliphatic rings. The lowest BCUT2D eigenvalue weighted by atomic mass is 9.81. The van der Waals surface area contributed by atoms with Crippen molar-refractivity contribution < 1.29 is 48.9 Å². The zero-order chi connectivity index (χ0) is 85.0. The van der Waals surface area contributed by atoms with Gasteiger partial charge in [0.1, 0.15) is 0 Å². The molecule has 7 aromatic rings. The predicted octanol–water partition coefficient (Wildman–Crippen LogP) is 22.0. The highest BCUT2D eigenvalue weighted by Crippen LogP contribution is 2.44. The van der Waals surface area contributed by atoms with Gasteiger partial charge in [-0.2, -0.15) is 0 Å². The van der Waals surface area contributed by atoms with Gasteiger partial charge >= 0.3 is 0 Å². The Hall–Kier alpha value is -8.89. The number of hydrogen-bond acceptors (Lipinski definition) is 9. The monoisotopic (exact) mass is 1630 g/mol. The summed E-state index contributed by atoms with van der Waals surface area (Å²) < 4.78 is 0. The Kier molecular flexibility index (Phi) is 30.3. The van der Waals surface area contributed by atoms with Gasteiger partial charge in [0.05, 0.1) is 6.04 Å². The van der Waals surface area contributed by atoms with Gasteiger partial charge in [0.15, 0.2) is 0 Å². The van der Waals surface area contributed by atoms with Gasteiger partial charge in [-0.25, -0.2) is 0 Å². The molecular weight excluding hydrogens is 1490 g/mol. The Bertz CT molecular complexity index is 4800. The number of aryl methyl sites for hydroxylation is 4. The molecule has 6 N–H and O–H groups in total. The summed E-state index contributed by atoms with van der Waals surface area (Å²) in [5, 5.41) is 13.6. The van der Waals surface area contributed by atoms with Crippen molar-refractivity contribution in [3.8, 4) is 0 Å². The molecule has 7 aromatic carbocycles. The number of carbonyl (C=O) groups excluding carboxylic acids is 9. The second kappa shape index (κ2) is 40.9. The van der Waals surface area contributed by atoms with Crippen LogP contribution in [0.2, 0.25) is 0 Å². The van der Waals surface area contributed by atoms with E-state index in [1.165, 1.54) is 117 Å². The molecule has 0 unspecified atom stereocenters. The van der Waals surface area contributed by atoms with Crippen LogP contribution in [-0.2, 0) is 6.42 Å². The molecule has 6 aliphatic carbocycles. The van der Waals surface area contributed by atoms with Crippen molar-refractivity contribution in [1.82, 2.24) is 30.7 Å². The van der Waals surface area contributed by atoms with Gasteiger partial charge in [0.2, 0.25) is 0 Å². The zero-order valence-electron chi connectivity index (χ0n) is 74.1. The van der Waals surface area contributed by atoms with E-state index >= 15 is 0 Å². The molecule has 0 radical (unpaired) electrons. The van der Waals surface area contributed by atoms with E-state index in [4.69, 9.17) is 0 Å². The number of benzene rings is 7. The van der Waals surface area contributed by atoms with Crippen LogP contribution >= 0.6 is 0 Å². The first kappa shape index (κ1) is 88.9. The maximum Gasteiger partial charge on any atom is 0.261 e. The van der Waals surface area contributed by atoms with Crippen LogP contribution in [0.5, 0.6) is 0 Å². The first-order chi connectivity index (χ1) is 57.9. The fourth-order valence-electron chi connectivity index (χ4n) is 21.2. The van der Waals surface area contributed by atoms with Crippen molar-refractivity contribution in [1.29, 1.82) is 0 Å². The fraction of sp³-hybridized carbons (Fsp3) is 0.567. The molecule has 16 rings (SSSR count). The third kappa shape index (κ3) is 20.6. The molecular formula is C104H138N7O9+. The highest BCUT2D eigenvalue weighted by molar-refractivity contribution is 6.30. The third-order valence-electron chi connectivity index (χ3n) is 29.0. The zero-order valence-corrected chi connectivity index (χ0v) is 74.1. The number of unbranched alkanes of at least 4 members (excludes halogenated alkanes) is 9. The first-order valence-electron chi connectivity index (χ1n) is 47.0. The average Bonchev–Trinajstić information content (AvgIpc) is 0.737. The van der Waals surface area contributed by atoms with E-state index < -0.39 is 0 Å². The van der Waals surface area contributed by atoms with Gasteiger partial charge < -0.3 is 21.7 Å². The summed E-state index contributed by atoms with van der Waals surface area (Å²) in [6.07, 6.45) is 41.3. The molecule has 3 aliphatic heterocycles. The van der Waals surface area contributed by atoms with Gasteiger partial charge in [-0.1, -0.05) is 160 Å². The second-order valence-corrected chi connectivity index (χ2v) is 38.4. The molecule has 120 heavy (non-hydrogen) atoms. The van der Waals surface area contributed by atoms with Gasteiger partial charge in [-0.05, 0) is 317 Å². The van der Waals surface area contributed by atoms with Crippen molar-refractivity contribution in [3.63, 3.8) is 0 Å². The Balaban J connectivity index is 0.000000150. The molecule has 6 fully saturated rings. The molecule has 0 spiro atoms. The van der Waals surface area contributed by atoms with Crippen molar-refractivity contribution in [2.24, 2.45) is 35.5 Å². The molecule has 0 aromatic heterocycles. The largest absolute Gasteiger partial charge is 0.355 e. The van der Waals surface area contributed by atoms with Crippen molar-refractivity contribution in [3.05, 3.63) is 175 Å². The number of amides is 9. The maximum absolute atomic E-state index is 13.9. The molecule has 16 heteroatoms. The Morgan fingerprint density at radius 1 is 0.350 bits per heavy atom. The van der Waals surface area contributed by atoms with E-state index in [1.807, 2.05) is 69.3 Å². The van der Waals surface area contributed by atoms with E-state index in [2.05, 4.69) is 88.3 Å². The Morgan fingerprint density at radius 3 is 1.00 bits per heavy atom. The van der Waals surface area contributed by atoms with Crippen LogP contribution in [0.3, 0.4) is 0 Å². The van der Waals surface area contributed by atoms with Gasteiger partial charge in [0.25, 0.3) is 53.2 Å². The topological polar surface area (TPSA) is 227 Å². The lowest BCUT2D eigenvalue weighted by Crippen LogP contribution is -2.61. The van der Waals surface area contributed by atoms with Crippen molar-refractivity contribution >= 4 is 85.5 Å². The number of quaternary nitrogens is 1. The van der Waals surface area contributed by atoms with Gasteiger partial charge in [-0.3, -0.25) is 57.9 Å². The van der Waals surface area contributed by atoms with Crippen LogP contribution in [0.15, 0.2) is 97.1 Å². The number of carbonyl (C=O) groups is 9. The second-order valence-electron chi connectivity index (χ2n) is 38.4. The molecule has 0 atom stereocenters. The summed E-state index contributed by atoms with van der Waals surface area (Å²) in [5.41, 5.74) is 14.0. The van der Waals surface area contributed by atoms with Crippen LogP contribution in [0.1, 0.15) is 387 Å². The summed E-state index contributed by atoms with van der Waals surface area (Å²) in [6.45, 7) is 22.0. The Labute approximate surface area is 714 Å².